The molecule has 80 valence electrons. The molecule has 0 amide bonds. The second-order valence-electron chi connectivity index (χ2n) is 3.81. The molecule has 5 nitrogen and oxygen atoms in total. The fourth-order valence-corrected chi connectivity index (χ4v) is 1.56. The van der Waals surface area contributed by atoms with Gasteiger partial charge in [-0.15, -0.1) is 0 Å². The molecule has 1 N–H and O–H groups in total. The van der Waals surface area contributed by atoms with Gasteiger partial charge in [-0.3, -0.25) is 0 Å². The van der Waals surface area contributed by atoms with Crippen LogP contribution in [0.5, 0.6) is 0 Å². The highest BCUT2D eigenvalue weighted by Crippen LogP contribution is 2.29. The van der Waals surface area contributed by atoms with Gasteiger partial charge >= 0.3 is 5.97 Å². The predicted octanol–water partition coefficient (Wildman–Crippen LogP) is 1.08. The van der Waals surface area contributed by atoms with Gasteiger partial charge in [0.25, 0.3) is 0 Å². The van der Waals surface area contributed by atoms with Crippen LogP contribution in [0.25, 0.3) is 0 Å². The summed E-state index contributed by atoms with van der Waals surface area (Å²) in [5, 5.41) is 8.74. The average Bonchev–Trinajstić information content (AvgIpc) is 2.99. The number of nitrogens with zero attached hydrogens (tertiary/aromatic N) is 3. The fraction of sp³-hybridized carbons (Fsp3) is 0.500. The molecule has 1 saturated carbocycles. The summed E-state index contributed by atoms with van der Waals surface area (Å²) >= 11 is 0. The maximum atomic E-state index is 10.7. The Hall–Kier alpha value is -1.65. The minimum absolute atomic E-state index is 0.000414. The molecule has 0 aliphatic heterocycles. The van der Waals surface area contributed by atoms with Crippen molar-refractivity contribution >= 4 is 11.8 Å². The highest BCUT2D eigenvalue weighted by molar-refractivity contribution is 5.85. The summed E-state index contributed by atoms with van der Waals surface area (Å²) in [6.45, 7) is 1.79. The van der Waals surface area contributed by atoms with Crippen LogP contribution in [0, 0.1) is 6.92 Å². The number of hydrogen-bond acceptors (Lipinski definition) is 4. The second-order valence-corrected chi connectivity index (χ2v) is 3.81. The first-order valence-corrected chi connectivity index (χ1v) is 4.89. The van der Waals surface area contributed by atoms with E-state index in [2.05, 4.69) is 14.9 Å². The molecule has 1 aliphatic carbocycles. The fourth-order valence-electron chi connectivity index (χ4n) is 1.56. The lowest BCUT2D eigenvalue weighted by atomic mass is 10.3. The SMILES string of the molecule is Cc1nc(C(=O)O)cnc1N(C)C1CC1. The molecule has 0 spiro atoms. The molecule has 0 atom stereocenters. The van der Waals surface area contributed by atoms with Crippen molar-refractivity contribution in [3.05, 3.63) is 17.6 Å². The molecule has 2 rings (SSSR count). The van der Waals surface area contributed by atoms with Crippen LogP contribution in [0.15, 0.2) is 6.20 Å². The van der Waals surface area contributed by atoms with E-state index in [-0.39, 0.29) is 5.69 Å². The Morgan fingerprint density at radius 1 is 1.60 bits per heavy atom. The number of hydrogen-bond donors (Lipinski definition) is 1. The quantitative estimate of drug-likeness (QED) is 0.803. The van der Waals surface area contributed by atoms with E-state index < -0.39 is 5.97 Å². The van der Waals surface area contributed by atoms with Crippen LogP contribution in [0.3, 0.4) is 0 Å². The number of aryl methyl sites for hydroxylation is 1. The second kappa shape index (κ2) is 3.49. The highest BCUT2D eigenvalue weighted by Gasteiger charge is 2.28. The van der Waals surface area contributed by atoms with Crippen molar-refractivity contribution in [1.82, 2.24) is 9.97 Å². The zero-order valence-electron chi connectivity index (χ0n) is 8.77. The van der Waals surface area contributed by atoms with Gasteiger partial charge in [-0.1, -0.05) is 0 Å². The van der Waals surface area contributed by atoms with Crippen LogP contribution in [0.4, 0.5) is 5.82 Å². The van der Waals surface area contributed by atoms with Crippen molar-refractivity contribution in [2.24, 2.45) is 0 Å². The minimum Gasteiger partial charge on any atom is -0.476 e. The van der Waals surface area contributed by atoms with E-state index in [9.17, 15) is 4.79 Å². The summed E-state index contributed by atoms with van der Waals surface area (Å²) in [6, 6.07) is 0.550. The maximum absolute atomic E-state index is 10.7. The zero-order chi connectivity index (χ0) is 11.0. The van der Waals surface area contributed by atoms with Gasteiger partial charge in [0.15, 0.2) is 5.69 Å². The molecule has 1 aromatic rings. The van der Waals surface area contributed by atoms with E-state index in [0.717, 1.165) is 5.82 Å². The maximum Gasteiger partial charge on any atom is 0.356 e. The lowest BCUT2D eigenvalue weighted by Crippen LogP contribution is -2.22. The van der Waals surface area contributed by atoms with E-state index in [0.29, 0.717) is 11.7 Å². The van der Waals surface area contributed by atoms with Gasteiger partial charge in [-0.25, -0.2) is 14.8 Å². The molecule has 1 heterocycles. The van der Waals surface area contributed by atoms with Crippen molar-refractivity contribution in [3.8, 4) is 0 Å². The van der Waals surface area contributed by atoms with Crippen molar-refractivity contribution in [1.29, 1.82) is 0 Å². The van der Waals surface area contributed by atoms with Crippen molar-refractivity contribution in [2.45, 2.75) is 25.8 Å². The van der Waals surface area contributed by atoms with Gasteiger partial charge in [0.2, 0.25) is 0 Å². The monoisotopic (exact) mass is 207 g/mol. The smallest absolute Gasteiger partial charge is 0.356 e. The standard InChI is InChI=1S/C10H13N3O2/c1-6-9(13(2)7-3-4-7)11-5-8(12-6)10(14)15/h5,7H,3-4H2,1-2H3,(H,14,15). The first kappa shape index (κ1) is 9.89. The summed E-state index contributed by atoms with van der Waals surface area (Å²) in [7, 11) is 1.97. The van der Waals surface area contributed by atoms with Crippen molar-refractivity contribution < 1.29 is 9.90 Å². The van der Waals surface area contributed by atoms with E-state index in [1.165, 1.54) is 19.0 Å². The summed E-state index contributed by atoms with van der Waals surface area (Å²) in [5.41, 5.74) is 0.671. The molecule has 0 aromatic carbocycles. The summed E-state index contributed by atoms with van der Waals surface area (Å²) < 4.78 is 0. The molecule has 1 fully saturated rings. The Bertz CT molecular complexity index is 402. The number of aromatic carboxylic acids is 1. The number of anilines is 1. The van der Waals surface area contributed by atoms with Crippen LogP contribution in [-0.2, 0) is 0 Å². The molecule has 1 aliphatic rings. The molecule has 15 heavy (non-hydrogen) atoms. The Morgan fingerprint density at radius 3 is 2.73 bits per heavy atom. The van der Waals surface area contributed by atoms with Crippen LogP contribution >= 0.6 is 0 Å². The van der Waals surface area contributed by atoms with Gasteiger partial charge in [-0.05, 0) is 19.8 Å². The highest BCUT2D eigenvalue weighted by atomic mass is 16.4. The molecular weight excluding hydrogens is 194 g/mol. The summed E-state index contributed by atoms with van der Waals surface area (Å²) in [4.78, 5) is 20.9. The molecule has 0 radical (unpaired) electrons. The Balaban J connectivity index is 2.29. The van der Waals surface area contributed by atoms with E-state index in [1.54, 1.807) is 6.92 Å². The van der Waals surface area contributed by atoms with Gasteiger partial charge in [0.05, 0.1) is 11.9 Å². The minimum atomic E-state index is -1.04. The van der Waals surface area contributed by atoms with Crippen LogP contribution in [0.1, 0.15) is 29.0 Å². The van der Waals surface area contributed by atoms with E-state index >= 15 is 0 Å². The first-order chi connectivity index (χ1) is 7.09. The predicted molar refractivity (Wildman–Crippen MR) is 55.2 cm³/mol. The van der Waals surface area contributed by atoms with Gasteiger partial charge < -0.3 is 10.0 Å². The molecule has 0 bridgehead atoms. The number of aromatic nitrogens is 2. The number of carbonyl (C=O) groups is 1. The Morgan fingerprint density at radius 2 is 2.27 bits per heavy atom. The number of rotatable bonds is 3. The van der Waals surface area contributed by atoms with E-state index in [1.807, 2.05) is 7.05 Å². The normalized spacial score (nSPS) is 15.1. The molecule has 1 aromatic heterocycles. The topological polar surface area (TPSA) is 66.3 Å². The lowest BCUT2D eigenvalue weighted by molar-refractivity contribution is 0.0689. The molecular formula is C10H13N3O2. The molecule has 0 saturated heterocycles. The zero-order valence-corrected chi connectivity index (χ0v) is 8.77. The largest absolute Gasteiger partial charge is 0.476 e. The summed E-state index contributed by atoms with van der Waals surface area (Å²) in [5.74, 6) is -0.256. The van der Waals surface area contributed by atoms with Gasteiger partial charge in [0.1, 0.15) is 5.82 Å². The van der Waals surface area contributed by atoms with Crippen molar-refractivity contribution in [3.63, 3.8) is 0 Å². The lowest BCUT2D eigenvalue weighted by Gasteiger charge is -2.18. The van der Waals surface area contributed by atoms with Crippen LogP contribution in [0.2, 0.25) is 0 Å². The van der Waals surface area contributed by atoms with Crippen molar-refractivity contribution in [2.75, 3.05) is 11.9 Å². The Labute approximate surface area is 87.8 Å². The summed E-state index contributed by atoms with van der Waals surface area (Å²) in [6.07, 6.45) is 3.67. The van der Waals surface area contributed by atoms with Gasteiger partial charge in [-0.2, -0.15) is 0 Å². The molecule has 0 unspecified atom stereocenters. The number of carboxylic acid groups (broad SMARTS) is 1. The first-order valence-electron chi connectivity index (χ1n) is 4.89. The third kappa shape index (κ3) is 1.91. The third-order valence-corrected chi connectivity index (χ3v) is 2.57. The van der Waals surface area contributed by atoms with Crippen LogP contribution in [-0.4, -0.2) is 34.1 Å². The average molecular weight is 207 g/mol. The Kier molecular flexibility index (Phi) is 2.30. The number of carboxylic acids is 1. The van der Waals surface area contributed by atoms with E-state index in [4.69, 9.17) is 5.11 Å². The van der Waals surface area contributed by atoms with Gasteiger partial charge in [0, 0.05) is 13.1 Å². The van der Waals surface area contributed by atoms with Crippen LogP contribution < -0.4 is 4.90 Å². The third-order valence-electron chi connectivity index (χ3n) is 2.57. The molecule has 5 heteroatoms.